The lowest BCUT2D eigenvalue weighted by Crippen LogP contribution is -2.51. The van der Waals surface area contributed by atoms with Crippen LogP contribution in [-0.2, 0) is 12.8 Å². The summed E-state index contributed by atoms with van der Waals surface area (Å²) in [6.07, 6.45) is 1.66. The van der Waals surface area contributed by atoms with Crippen molar-refractivity contribution in [2.45, 2.75) is 65.5 Å². The summed E-state index contributed by atoms with van der Waals surface area (Å²) in [5.41, 5.74) is 0.477. The van der Waals surface area contributed by atoms with Gasteiger partial charge in [0.25, 0.3) is 0 Å². The normalized spacial score (nSPS) is 12.6. The molecular formula is C13H24N4O. The van der Waals surface area contributed by atoms with Crippen LogP contribution in [0.15, 0.2) is 0 Å². The van der Waals surface area contributed by atoms with Gasteiger partial charge in [-0.2, -0.15) is 5.10 Å². The minimum Gasteiger partial charge on any atom is -0.388 e. The van der Waals surface area contributed by atoms with Gasteiger partial charge in [-0.25, -0.2) is 4.98 Å². The minimum atomic E-state index is -0.883. The van der Waals surface area contributed by atoms with Crippen LogP contribution in [0.3, 0.4) is 0 Å². The lowest BCUT2D eigenvalue weighted by atomic mass is 9.86. The molecule has 0 saturated carbocycles. The van der Waals surface area contributed by atoms with E-state index in [1.807, 2.05) is 27.7 Å². The van der Waals surface area contributed by atoms with Crippen LogP contribution >= 0.6 is 0 Å². The van der Waals surface area contributed by atoms with Crippen molar-refractivity contribution >= 4 is 5.95 Å². The molecule has 0 aliphatic carbocycles. The van der Waals surface area contributed by atoms with Crippen molar-refractivity contribution in [1.82, 2.24) is 15.2 Å². The molecule has 1 heterocycles. The first-order chi connectivity index (χ1) is 8.21. The van der Waals surface area contributed by atoms with Crippen molar-refractivity contribution in [1.29, 1.82) is 0 Å². The first-order valence-corrected chi connectivity index (χ1v) is 6.44. The summed E-state index contributed by atoms with van der Waals surface area (Å²) in [4.78, 5) is 4.46. The molecule has 0 aliphatic rings. The highest BCUT2D eigenvalue weighted by Crippen LogP contribution is 2.24. The molecule has 0 atom stereocenters. The number of aliphatic hydroxyl groups is 1. The maximum atomic E-state index is 10.1. The fourth-order valence-electron chi connectivity index (χ4n) is 1.42. The molecule has 0 aliphatic heterocycles. The maximum absolute atomic E-state index is 10.1. The summed E-state index contributed by atoms with van der Waals surface area (Å²) in [5.74, 6) is 0.469. The Kier molecular flexibility index (Phi) is 4.27. The van der Waals surface area contributed by atoms with Gasteiger partial charge in [-0.15, -0.1) is 5.10 Å². The number of anilines is 1. The second-order valence-corrected chi connectivity index (χ2v) is 5.54. The van der Waals surface area contributed by atoms with Gasteiger partial charge < -0.3 is 10.4 Å². The molecule has 0 saturated heterocycles. The van der Waals surface area contributed by atoms with Crippen molar-refractivity contribution in [2.24, 2.45) is 0 Å². The van der Waals surface area contributed by atoms with E-state index in [-0.39, 0.29) is 0 Å². The van der Waals surface area contributed by atoms with Gasteiger partial charge in [0.05, 0.1) is 22.5 Å². The molecule has 18 heavy (non-hydrogen) atoms. The van der Waals surface area contributed by atoms with Gasteiger partial charge in [-0.05, 0) is 40.5 Å². The molecule has 2 N–H and O–H groups in total. The van der Waals surface area contributed by atoms with Crippen LogP contribution in [0, 0.1) is 0 Å². The molecule has 0 fully saturated rings. The number of hydrogen-bond donors (Lipinski definition) is 2. The topological polar surface area (TPSA) is 70.9 Å². The zero-order valence-corrected chi connectivity index (χ0v) is 12.2. The number of rotatable bonds is 5. The molecule has 1 aromatic rings. The smallest absolute Gasteiger partial charge is 0.243 e. The van der Waals surface area contributed by atoms with Crippen LogP contribution in [0.4, 0.5) is 5.95 Å². The molecular weight excluding hydrogens is 228 g/mol. The predicted octanol–water partition coefficient (Wildman–Crippen LogP) is 1.96. The Morgan fingerprint density at radius 2 is 1.56 bits per heavy atom. The van der Waals surface area contributed by atoms with Crippen molar-refractivity contribution in [3.05, 3.63) is 11.4 Å². The highest BCUT2D eigenvalue weighted by molar-refractivity contribution is 5.31. The summed E-state index contributed by atoms with van der Waals surface area (Å²) in [5, 5.41) is 21.5. The van der Waals surface area contributed by atoms with Crippen LogP contribution in [0.5, 0.6) is 0 Å². The molecule has 0 amide bonds. The molecule has 1 aromatic heterocycles. The molecule has 0 aromatic carbocycles. The largest absolute Gasteiger partial charge is 0.388 e. The minimum absolute atomic E-state index is 0.469. The van der Waals surface area contributed by atoms with E-state index in [9.17, 15) is 5.11 Å². The van der Waals surface area contributed by atoms with Crippen LogP contribution in [0.2, 0.25) is 0 Å². The molecule has 1 rings (SSSR count). The summed E-state index contributed by atoms with van der Waals surface area (Å²) in [7, 11) is 0. The highest BCUT2D eigenvalue weighted by Gasteiger charge is 2.35. The first-order valence-electron chi connectivity index (χ1n) is 6.44. The first kappa shape index (κ1) is 14.8. The van der Waals surface area contributed by atoms with Crippen LogP contribution < -0.4 is 5.32 Å². The molecule has 5 heteroatoms. The van der Waals surface area contributed by atoms with Gasteiger partial charge in [-0.3, -0.25) is 0 Å². The van der Waals surface area contributed by atoms with Crippen molar-refractivity contribution in [3.8, 4) is 0 Å². The lowest BCUT2D eigenvalue weighted by Gasteiger charge is -2.37. The van der Waals surface area contributed by atoms with Gasteiger partial charge in [-0.1, -0.05) is 13.8 Å². The molecule has 0 bridgehead atoms. The van der Waals surface area contributed by atoms with E-state index in [2.05, 4.69) is 20.5 Å². The molecule has 102 valence electrons. The summed E-state index contributed by atoms with van der Waals surface area (Å²) >= 11 is 0. The van der Waals surface area contributed by atoms with Crippen molar-refractivity contribution < 1.29 is 5.11 Å². The van der Waals surface area contributed by atoms with E-state index in [0.29, 0.717) is 5.95 Å². The standard InChI is InChI=1S/C13H24N4O/c1-7-9-10(8-2)16-17-11(14-9)15-12(3,4)13(5,6)18/h18H,7-8H2,1-6H3,(H,14,15,17). The summed E-state index contributed by atoms with van der Waals surface area (Å²) in [6, 6.07) is 0. The average Bonchev–Trinajstić information content (AvgIpc) is 2.26. The Morgan fingerprint density at radius 3 is 2.00 bits per heavy atom. The number of nitrogens with zero attached hydrogens (tertiary/aromatic N) is 3. The SMILES string of the molecule is CCc1nnc(NC(C)(C)C(C)(C)O)nc1CC. The zero-order valence-electron chi connectivity index (χ0n) is 12.2. The molecule has 5 nitrogen and oxygen atoms in total. The van der Waals surface area contributed by atoms with E-state index < -0.39 is 11.1 Å². The molecule has 0 radical (unpaired) electrons. The average molecular weight is 252 g/mol. The van der Waals surface area contributed by atoms with Crippen molar-refractivity contribution in [2.75, 3.05) is 5.32 Å². The Morgan fingerprint density at radius 1 is 1.00 bits per heavy atom. The predicted molar refractivity (Wildman–Crippen MR) is 72.6 cm³/mol. The van der Waals surface area contributed by atoms with E-state index in [1.165, 1.54) is 0 Å². The summed E-state index contributed by atoms with van der Waals surface area (Å²) in [6.45, 7) is 11.4. The van der Waals surface area contributed by atoms with E-state index in [1.54, 1.807) is 13.8 Å². The van der Waals surface area contributed by atoms with Crippen LogP contribution in [0.25, 0.3) is 0 Å². The molecule has 0 unspecified atom stereocenters. The maximum Gasteiger partial charge on any atom is 0.243 e. The number of hydrogen-bond acceptors (Lipinski definition) is 5. The van der Waals surface area contributed by atoms with Gasteiger partial charge in [0, 0.05) is 0 Å². The van der Waals surface area contributed by atoms with Crippen LogP contribution in [-0.4, -0.2) is 31.4 Å². The van der Waals surface area contributed by atoms with E-state index in [4.69, 9.17) is 0 Å². The lowest BCUT2D eigenvalue weighted by molar-refractivity contribution is 0.0236. The third kappa shape index (κ3) is 3.16. The number of aromatic nitrogens is 3. The second kappa shape index (κ2) is 5.18. The fourth-order valence-corrected chi connectivity index (χ4v) is 1.42. The van der Waals surface area contributed by atoms with E-state index >= 15 is 0 Å². The quantitative estimate of drug-likeness (QED) is 0.838. The van der Waals surface area contributed by atoms with Gasteiger partial charge in [0.2, 0.25) is 5.95 Å². The second-order valence-electron chi connectivity index (χ2n) is 5.54. The van der Waals surface area contributed by atoms with Gasteiger partial charge in [0.1, 0.15) is 0 Å². The zero-order chi connectivity index (χ0) is 14.0. The van der Waals surface area contributed by atoms with E-state index in [0.717, 1.165) is 24.2 Å². The fraction of sp³-hybridized carbons (Fsp3) is 0.769. The number of nitrogens with one attached hydrogen (secondary N) is 1. The highest BCUT2D eigenvalue weighted by atomic mass is 16.3. The Balaban J connectivity index is 2.99. The Hall–Kier alpha value is -1.23. The summed E-state index contributed by atoms with van der Waals surface area (Å²) < 4.78 is 0. The van der Waals surface area contributed by atoms with Gasteiger partial charge >= 0.3 is 0 Å². The van der Waals surface area contributed by atoms with Crippen molar-refractivity contribution in [3.63, 3.8) is 0 Å². The monoisotopic (exact) mass is 252 g/mol. The Labute approximate surface area is 109 Å². The third-order valence-electron chi connectivity index (χ3n) is 3.46. The third-order valence-corrected chi connectivity index (χ3v) is 3.46. The van der Waals surface area contributed by atoms with Gasteiger partial charge in [0.15, 0.2) is 0 Å². The Bertz CT molecular complexity index is 410. The number of aryl methyl sites for hydroxylation is 2. The molecule has 0 spiro atoms. The van der Waals surface area contributed by atoms with Crippen LogP contribution in [0.1, 0.15) is 52.9 Å².